The Morgan fingerprint density at radius 2 is 1.94 bits per heavy atom. The SMILES string of the molecule is OCc1ncc(-c2cccnc2)cc1C(F)(F)F. The second-order valence-electron chi connectivity index (χ2n) is 3.62. The first-order valence-corrected chi connectivity index (χ1v) is 5.09. The third-order valence-corrected chi connectivity index (χ3v) is 2.42. The zero-order chi connectivity index (χ0) is 13.2. The number of rotatable bonds is 2. The molecule has 2 aromatic heterocycles. The first-order chi connectivity index (χ1) is 8.52. The van der Waals surface area contributed by atoms with E-state index in [-0.39, 0.29) is 5.69 Å². The predicted molar refractivity (Wildman–Crippen MR) is 58.4 cm³/mol. The summed E-state index contributed by atoms with van der Waals surface area (Å²) in [5, 5.41) is 8.87. The second-order valence-corrected chi connectivity index (χ2v) is 3.62. The predicted octanol–water partition coefficient (Wildman–Crippen LogP) is 2.65. The molecule has 3 nitrogen and oxygen atoms in total. The van der Waals surface area contributed by atoms with Crippen molar-refractivity contribution in [1.29, 1.82) is 0 Å². The maximum atomic E-state index is 12.8. The molecule has 0 atom stereocenters. The fourth-order valence-electron chi connectivity index (χ4n) is 1.56. The standard InChI is InChI=1S/C12H9F3N2O/c13-12(14,15)10-4-9(6-17-11(10)7-18)8-2-1-3-16-5-8/h1-6,18H,7H2. The van der Waals surface area contributed by atoms with Gasteiger partial charge in [0.15, 0.2) is 0 Å². The molecule has 0 spiro atoms. The molecule has 94 valence electrons. The van der Waals surface area contributed by atoms with Crippen LogP contribution in [0.3, 0.4) is 0 Å². The van der Waals surface area contributed by atoms with Crippen molar-refractivity contribution in [2.24, 2.45) is 0 Å². The molecule has 0 unspecified atom stereocenters. The van der Waals surface area contributed by atoms with Gasteiger partial charge in [0.05, 0.1) is 17.9 Å². The highest BCUT2D eigenvalue weighted by Gasteiger charge is 2.34. The average molecular weight is 254 g/mol. The van der Waals surface area contributed by atoms with Gasteiger partial charge in [0.1, 0.15) is 0 Å². The van der Waals surface area contributed by atoms with Gasteiger partial charge in [-0.15, -0.1) is 0 Å². The van der Waals surface area contributed by atoms with Crippen molar-refractivity contribution in [3.05, 3.63) is 48.0 Å². The molecule has 0 amide bonds. The normalized spacial score (nSPS) is 11.6. The summed E-state index contributed by atoms with van der Waals surface area (Å²) < 4.78 is 38.3. The van der Waals surface area contributed by atoms with Crippen LogP contribution in [0.1, 0.15) is 11.3 Å². The zero-order valence-corrected chi connectivity index (χ0v) is 9.15. The molecule has 0 aliphatic rings. The Bertz CT molecular complexity index is 541. The van der Waals surface area contributed by atoms with E-state index in [1.54, 1.807) is 12.1 Å². The molecule has 1 N–H and O–H groups in total. The molecule has 2 heterocycles. The van der Waals surface area contributed by atoms with E-state index in [2.05, 4.69) is 9.97 Å². The minimum Gasteiger partial charge on any atom is -0.390 e. The molecule has 0 aromatic carbocycles. The van der Waals surface area contributed by atoms with Crippen LogP contribution in [0.5, 0.6) is 0 Å². The molecule has 2 rings (SSSR count). The number of alkyl halides is 3. The lowest BCUT2D eigenvalue weighted by Gasteiger charge is -2.12. The second kappa shape index (κ2) is 4.73. The van der Waals surface area contributed by atoms with Crippen LogP contribution >= 0.6 is 0 Å². The Morgan fingerprint density at radius 3 is 2.50 bits per heavy atom. The van der Waals surface area contributed by atoms with Crippen LogP contribution in [-0.4, -0.2) is 15.1 Å². The van der Waals surface area contributed by atoms with Crippen molar-refractivity contribution in [1.82, 2.24) is 9.97 Å². The average Bonchev–Trinajstić information content (AvgIpc) is 2.38. The van der Waals surface area contributed by atoms with E-state index in [0.717, 1.165) is 6.07 Å². The lowest BCUT2D eigenvalue weighted by molar-refractivity contribution is -0.139. The molecule has 0 bridgehead atoms. The molecule has 0 radical (unpaired) electrons. The van der Waals surface area contributed by atoms with Crippen LogP contribution in [0.2, 0.25) is 0 Å². The van der Waals surface area contributed by atoms with Gasteiger partial charge in [-0.25, -0.2) is 0 Å². The zero-order valence-electron chi connectivity index (χ0n) is 9.15. The Balaban J connectivity index is 2.53. The number of hydrogen-bond acceptors (Lipinski definition) is 3. The Hall–Kier alpha value is -1.95. The smallest absolute Gasteiger partial charge is 0.390 e. The van der Waals surface area contributed by atoms with E-state index in [0.29, 0.717) is 11.1 Å². The fourth-order valence-corrected chi connectivity index (χ4v) is 1.56. The highest BCUT2D eigenvalue weighted by molar-refractivity contribution is 5.62. The van der Waals surface area contributed by atoms with E-state index in [1.807, 2.05) is 0 Å². The van der Waals surface area contributed by atoms with Crippen molar-refractivity contribution in [2.75, 3.05) is 0 Å². The topological polar surface area (TPSA) is 46.0 Å². The third-order valence-electron chi connectivity index (χ3n) is 2.42. The molecule has 0 aliphatic carbocycles. The largest absolute Gasteiger partial charge is 0.418 e. The van der Waals surface area contributed by atoms with Gasteiger partial charge in [-0.05, 0) is 12.1 Å². The summed E-state index contributed by atoms with van der Waals surface area (Å²) in [6.07, 6.45) is -0.263. The minimum absolute atomic E-state index is 0.313. The van der Waals surface area contributed by atoms with Gasteiger partial charge in [0, 0.05) is 29.7 Å². The molecule has 2 aromatic rings. The summed E-state index contributed by atoms with van der Waals surface area (Å²) in [4.78, 5) is 7.48. The molecule has 0 saturated heterocycles. The molecule has 0 aliphatic heterocycles. The number of halogens is 3. The van der Waals surface area contributed by atoms with Crippen LogP contribution in [-0.2, 0) is 12.8 Å². The van der Waals surface area contributed by atoms with Gasteiger partial charge in [-0.3, -0.25) is 9.97 Å². The van der Waals surface area contributed by atoms with Gasteiger partial charge in [-0.2, -0.15) is 13.2 Å². The monoisotopic (exact) mass is 254 g/mol. The van der Waals surface area contributed by atoms with Crippen molar-refractivity contribution in [3.63, 3.8) is 0 Å². The number of aliphatic hydroxyl groups is 1. The summed E-state index contributed by atoms with van der Waals surface area (Å²) in [6, 6.07) is 4.24. The van der Waals surface area contributed by atoms with Crippen LogP contribution in [0, 0.1) is 0 Å². The van der Waals surface area contributed by atoms with Crippen molar-refractivity contribution in [2.45, 2.75) is 12.8 Å². The van der Waals surface area contributed by atoms with Crippen molar-refractivity contribution >= 4 is 0 Å². The Kier molecular flexibility index (Phi) is 3.29. The minimum atomic E-state index is -4.54. The lowest BCUT2D eigenvalue weighted by Crippen LogP contribution is -2.11. The highest BCUT2D eigenvalue weighted by Crippen LogP contribution is 2.33. The maximum Gasteiger partial charge on any atom is 0.418 e. The van der Waals surface area contributed by atoms with Crippen LogP contribution in [0.15, 0.2) is 36.8 Å². The summed E-state index contributed by atoms with van der Waals surface area (Å²) >= 11 is 0. The van der Waals surface area contributed by atoms with Crippen molar-refractivity contribution < 1.29 is 18.3 Å². The summed E-state index contributed by atoms with van der Waals surface area (Å²) in [7, 11) is 0. The number of nitrogens with zero attached hydrogens (tertiary/aromatic N) is 2. The fraction of sp³-hybridized carbons (Fsp3) is 0.167. The first-order valence-electron chi connectivity index (χ1n) is 5.09. The van der Waals surface area contributed by atoms with Crippen molar-refractivity contribution in [3.8, 4) is 11.1 Å². The maximum absolute atomic E-state index is 12.8. The number of aromatic nitrogens is 2. The number of hydrogen-bond donors (Lipinski definition) is 1. The lowest BCUT2D eigenvalue weighted by atomic mass is 10.1. The van der Waals surface area contributed by atoms with E-state index in [4.69, 9.17) is 5.11 Å². The van der Waals surface area contributed by atoms with Gasteiger partial charge < -0.3 is 5.11 Å². The van der Waals surface area contributed by atoms with Crippen LogP contribution in [0.4, 0.5) is 13.2 Å². The first kappa shape index (κ1) is 12.5. The highest BCUT2D eigenvalue weighted by atomic mass is 19.4. The molecular formula is C12H9F3N2O. The van der Waals surface area contributed by atoms with Crippen LogP contribution < -0.4 is 0 Å². The molecular weight excluding hydrogens is 245 g/mol. The van der Waals surface area contributed by atoms with E-state index in [1.165, 1.54) is 18.6 Å². The van der Waals surface area contributed by atoms with Gasteiger partial charge in [0.25, 0.3) is 0 Å². The summed E-state index contributed by atoms with van der Waals surface area (Å²) in [6.45, 7) is -0.748. The summed E-state index contributed by atoms with van der Waals surface area (Å²) in [5.74, 6) is 0. The van der Waals surface area contributed by atoms with Gasteiger partial charge >= 0.3 is 6.18 Å². The Labute approximate surface area is 101 Å². The molecule has 6 heteroatoms. The van der Waals surface area contributed by atoms with E-state index in [9.17, 15) is 13.2 Å². The van der Waals surface area contributed by atoms with E-state index < -0.39 is 18.3 Å². The quantitative estimate of drug-likeness (QED) is 0.896. The van der Waals surface area contributed by atoms with Gasteiger partial charge in [0.2, 0.25) is 0 Å². The molecule has 0 fully saturated rings. The summed E-state index contributed by atoms with van der Waals surface area (Å²) in [5.41, 5.74) is -0.450. The molecule has 18 heavy (non-hydrogen) atoms. The van der Waals surface area contributed by atoms with E-state index >= 15 is 0 Å². The number of aliphatic hydroxyl groups excluding tert-OH is 1. The Morgan fingerprint density at radius 1 is 1.17 bits per heavy atom. The van der Waals surface area contributed by atoms with Crippen LogP contribution in [0.25, 0.3) is 11.1 Å². The number of pyridine rings is 2. The van der Waals surface area contributed by atoms with Gasteiger partial charge in [-0.1, -0.05) is 6.07 Å². The molecule has 0 saturated carbocycles. The third kappa shape index (κ3) is 2.48.